The van der Waals surface area contributed by atoms with E-state index in [-0.39, 0.29) is 38.1 Å². The summed E-state index contributed by atoms with van der Waals surface area (Å²) in [6, 6.07) is 25.7. The number of hydrogen-bond donors (Lipinski definition) is 2. The van der Waals surface area contributed by atoms with Crippen LogP contribution >= 0.6 is 0 Å². The minimum absolute atomic E-state index is 0.0506. The van der Waals surface area contributed by atoms with Crippen molar-refractivity contribution in [3.63, 3.8) is 0 Å². The fourth-order valence-electron chi connectivity index (χ4n) is 6.09. The van der Waals surface area contributed by atoms with Crippen LogP contribution < -0.4 is 5.32 Å². The Hall–Kier alpha value is -4.13. The van der Waals surface area contributed by atoms with Gasteiger partial charge in [0.25, 0.3) is 0 Å². The van der Waals surface area contributed by atoms with Gasteiger partial charge in [-0.25, -0.2) is 4.79 Å². The Balaban J connectivity index is 1.27. The third-order valence-corrected chi connectivity index (χ3v) is 8.01. The molecule has 3 aromatic rings. The molecule has 0 atom stereocenters. The molecule has 0 aliphatic heterocycles. The summed E-state index contributed by atoms with van der Waals surface area (Å²) in [5.74, 6) is -1.34. The van der Waals surface area contributed by atoms with Gasteiger partial charge in [-0.1, -0.05) is 98.1 Å². The first-order valence-electron chi connectivity index (χ1n) is 13.6. The molecule has 7 heteroatoms. The van der Waals surface area contributed by atoms with E-state index in [0.29, 0.717) is 12.8 Å². The highest BCUT2D eigenvalue weighted by Gasteiger charge is 2.43. The van der Waals surface area contributed by atoms with E-state index in [4.69, 9.17) is 4.74 Å². The normalized spacial score (nSPS) is 15.6. The van der Waals surface area contributed by atoms with Gasteiger partial charge in [0.15, 0.2) is 0 Å². The lowest BCUT2D eigenvalue weighted by atomic mass is 9.72. The van der Waals surface area contributed by atoms with Gasteiger partial charge in [-0.05, 0) is 40.7 Å². The van der Waals surface area contributed by atoms with Crippen molar-refractivity contribution in [2.75, 3.05) is 19.7 Å². The smallest absolute Gasteiger partial charge is 0.407 e. The molecule has 3 aromatic carbocycles. The largest absolute Gasteiger partial charge is 0.480 e. The summed E-state index contributed by atoms with van der Waals surface area (Å²) in [5.41, 5.74) is 4.60. The number of benzene rings is 3. The SMILES string of the molecule is O=C(O)CN(Cc1ccccc1)C(=O)C1(CNC(=O)OCC2c3ccccc3-c3ccccc32)CCCCC1. The zero-order chi connectivity index (χ0) is 27.2. The fraction of sp³-hybridized carbons (Fsp3) is 0.344. The topological polar surface area (TPSA) is 95.9 Å². The number of aliphatic carboxylic acids is 1. The molecule has 2 aliphatic carbocycles. The fourth-order valence-corrected chi connectivity index (χ4v) is 6.09. The van der Waals surface area contributed by atoms with Crippen LogP contribution in [0.4, 0.5) is 4.79 Å². The van der Waals surface area contributed by atoms with Gasteiger partial charge in [-0.2, -0.15) is 0 Å². The number of nitrogens with zero attached hydrogens (tertiary/aromatic N) is 1. The van der Waals surface area contributed by atoms with Crippen molar-refractivity contribution in [1.82, 2.24) is 10.2 Å². The minimum Gasteiger partial charge on any atom is -0.480 e. The molecule has 0 unspecified atom stereocenters. The lowest BCUT2D eigenvalue weighted by Gasteiger charge is -2.39. The van der Waals surface area contributed by atoms with Crippen molar-refractivity contribution in [3.05, 3.63) is 95.6 Å². The molecule has 0 bridgehead atoms. The number of hydrogen-bond acceptors (Lipinski definition) is 4. The van der Waals surface area contributed by atoms with Crippen molar-refractivity contribution < 1.29 is 24.2 Å². The molecule has 39 heavy (non-hydrogen) atoms. The maximum Gasteiger partial charge on any atom is 0.407 e. The summed E-state index contributed by atoms with van der Waals surface area (Å²) in [7, 11) is 0. The van der Waals surface area contributed by atoms with E-state index in [2.05, 4.69) is 29.6 Å². The quantitative estimate of drug-likeness (QED) is 0.379. The summed E-state index contributed by atoms with van der Waals surface area (Å²) >= 11 is 0. The van der Waals surface area contributed by atoms with Crippen molar-refractivity contribution in [1.29, 1.82) is 0 Å². The number of ether oxygens (including phenoxy) is 1. The molecule has 7 nitrogen and oxygen atoms in total. The number of carbonyl (C=O) groups is 3. The number of nitrogens with one attached hydrogen (secondary N) is 1. The van der Waals surface area contributed by atoms with E-state index in [0.717, 1.165) is 47.1 Å². The van der Waals surface area contributed by atoms with Crippen LogP contribution in [0.5, 0.6) is 0 Å². The summed E-state index contributed by atoms with van der Waals surface area (Å²) in [5, 5.41) is 12.4. The monoisotopic (exact) mass is 526 g/mol. The van der Waals surface area contributed by atoms with E-state index in [1.807, 2.05) is 54.6 Å². The Bertz CT molecular complexity index is 1290. The van der Waals surface area contributed by atoms with Gasteiger partial charge < -0.3 is 20.1 Å². The lowest BCUT2D eigenvalue weighted by Crippen LogP contribution is -2.52. The number of carbonyl (C=O) groups excluding carboxylic acids is 2. The molecule has 1 fully saturated rings. The van der Waals surface area contributed by atoms with Crippen molar-refractivity contribution in [3.8, 4) is 11.1 Å². The van der Waals surface area contributed by atoms with Gasteiger partial charge in [0.1, 0.15) is 13.2 Å². The summed E-state index contributed by atoms with van der Waals surface area (Å²) in [6.07, 6.45) is 3.34. The van der Waals surface area contributed by atoms with Crippen LogP contribution in [0.1, 0.15) is 54.7 Å². The molecule has 2 amide bonds. The maximum atomic E-state index is 13.9. The number of carboxylic acids is 1. The van der Waals surface area contributed by atoms with E-state index in [1.54, 1.807) is 0 Å². The second-order valence-corrected chi connectivity index (χ2v) is 10.6. The van der Waals surface area contributed by atoms with Crippen molar-refractivity contribution in [2.24, 2.45) is 5.41 Å². The molecule has 2 N–H and O–H groups in total. The predicted octanol–water partition coefficient (Wildman–Crippen LogP) is 5.59. The van der Waals surface area contributed by atoms with E-state index in [1.165, 1.54) is 4.90 Å². The van der Waals surface area contributed by atoms with E-state index >= 15 is 0 Å². The number of rotatable bonds is 9. The molecule has 202 valence electrons. The van der Waals surface area contributed by atoms with Crippen LogP contribution in [0.15, 0.2) is 78.9 Å². The van der Waals surface area contributed by atoms with Gasteiger partial charge in [0, 0.05) is 19.0 Å². The average Bonchev–Trinajstić information content (AvgIpc) is 3.28. The molecule has 2 aliphatic rings. The number of amides is 2. The number of alkyl carbamates (subject to hydrolysis) is 1. The molecule has 0 saturated heterocycles. The van der Waals surface area contributed by atoms with Crippen LogP contribution in [0.25, 0.3) is 11.1 Å². The summed E-state index contributed by atoms with van der Waals surface area (Å²) in [4.78, 5) is 39.9. The Kier molecular flexibility index (Phi) is 7.96. The number of fused-ring (bicyclic) bond motifs is 3. The maximum absolute atomic E-state index is 13.9. The third-order valence-electron chi connectivity index (χ3n) is 8.01. The molecule has 0 radical (unpaired) electrons. The lowest BCUT2D eigenvalue weighted by molar-refractivity contribution is -0.151. The number of carboxylic acid groups (broad SMARTS) is 1. The highest BCUT2D eigenvalue weighted by Crippen LogP contribution is 2.44. The Labute approximate surface area is 228 Å². The average molecular weight is 527 g/mol. The van der Waals surface area contributed by atoms with E-state index in [9.17, 15) is 19.5 Å². The Morgan fingerprint density at radius 2 is 1.44 bits per heavy atom. The van der Waals surface area contributed by atoms with Crippen molar-refractivity contribution in [2.45, 2.75) is 44.6 Å². The third kappa shape index (κ3) is 5.82. The minimum atomic E-state index is -1.06. The first-order chi connectivity index (χ1) is 19.0. The van der Waals surface area contributed by atoms with Crippen LogP contribution in [0.3, 0.4) is 0 Å². The van der Waals surface area contributed by atoms with Crippen molar-refractivity contribution >= 4 is 18.0 Å². The van der Waals surface area contributed by atoms with Gasteiger partial charge in [-0.15, -0.1) is 0 Å². The van der Waals surface area contributed by atoms with Gasteiger partial charge in [0.05, 0.1) is 5.41 Å². The second kappa shape index (κ2) is 11.7. The van der Waals surface area contributed by atoms with Crippen LogP contribution in [0, 0.1) is 5.41 Å². The zero-order valence-electron chi connectivity index (χ0n) is 22.0. The molecule has 5 rings (SSSR count). The Morgan fingerprint density at radius 1 is 0.846 bits per heavy atom. The molecule has 0 spiro atoms. The first-order valence-corrected chi connectivity index (χ1v) is 13.6. The van der Waals surface area contributed by atoms with Gasteiger partial charge in [-0.3, -0.25) is 9.59 Å². The van der Waals surface area contributed by atoms with Gasteiger partial charge in [0.2, 0.25) is 5.91 Å². The van der Waals surface area contributed by atoms with Crippen LogP contribution in [-0.4, -0.2) is 47.7 Å². The zero-order valence-corrected chi connectivity index (χ0v) is 22.0. The highest BCUT2D eigenvalue weighted by molar-refractivity contribution is 5.87. The summed E-state index contributed by atoms with van der Waals surface area (Å²) in [6.45, 7) is 0.131. The first kappa shape index (κ1) is 26.5. The van der Waals surface area contributed by atoms with Crippen LogP contribution in [0.2, 0.25) is 0 Å². The molecule has 0 heterocycles. The van der Waals surface area contributed by atoms with Gasteiger partial charge >= 0.3 is 12.1 Å². The molecular weight excluding hydrogens is 492 g/mol. The standard InChI is InChI=1S/C32H34N2O5/c35-29(36)20-34(19-23-11-3-1-4-12-23)30(37)32(17-9-2-10-18-32)22-33-31(38)39-21-28-26-15-7-5-13-24(26)25-14-6-8-16-27(25)28/h1,3-8,11-16,28H,2,9-10,17-22H2,(H,33,38)(H,35,36). The van der Waals surface area contributed by atoms with E-state index < -0.39 is 17.5 Å². The second-order valence-electron chi connectivity index (χ2n) is 10.6. The summed E-state index contributed by atoms with van der Waals surface area (Å²) < 4.78 is 5.71. The Morgan fingerprint density at radius 3 is 2.05 bits per heavy atom. The highest BCUT2D eigenvalue weighted by atomic mass is 16.5. The molecule has 1 saturated carbocycles. The molecular formula is C32H34N2O5. The molecule has 0 aromatic heterocycles. The van der Waals surface area contributed by atoms with Crippen LogP contribution in [-0.2, 0) is 20.9 Å². The predicted molar refractivity (Wildman–Crippen MR) is 148 cm³/mol.